The number of hydrogen-bond donors (Lipinski definition) is 0. The fourth-order valence-electron chi connectivity index (χ4n) is 5.58. The molecule has 1 amide bonds. The third-order valence-corrected chi connectivity index (χ3v) is 8.22. The predicted octanol–water partition coefficient (Wildman–Crippen LogP) is 6.78. The van der Waals surface area contributed by atoms with E-state index >= 15 is 0 Å². The number of amides is 1. The lowest BCUT2D eigenvalue weighted by Crippen LogP contribution is -2.50. The highest BCUT2D eigenvalue weighted by molar-refractivity contribution is 7.99. The number of benzene rings is 2. The number of hydrogen-bond acceptors (Lipinski definition) is 3. The van der Waals surface area contributed by atoms with Crippen molar-refractivity contribution in [3.05, 3.63) is 48.5 Å². The molecule has 2 aromatic carbocycles. The number of carbonyl (C=O) groups excluding carboxylic acids is 1. The number of anilines is 2. The Morgan fingerprint density at radius 2 is 1.23 bits per heavy atom. The van der Waals surface area contributed by atoms with Crippen LogP contribution >= 0.6 is 11.8 Å². The first-order valence-corrected chi connectivity index (χ1v) is 12.6. The molecule has 2 saturated carbocycles. The van der Waals surface area contributed by atoms with E-state index in [1.807, 2.05) is 17.0 Å². The number of fused-ring (bicyclic) bond motifs is 2. The van der Waals surface area contributed by atoms with E-state index in [0.29, 0.717) is 18.6 Å². The molecule has 5 rings (SSSR count). The topological polar surface area (TPSA) is 23.6 Å². The first-order chi connectivity index (χ1) is 14.8. The van der Waals surface area contributed by atoms with Crippen molar-refractivity contribution in [2.24, 2.45) is 0 Å². The van der Waals surface area contributed by atoms with E-state index in [1.165, 1.54) is 74.0 Å². The molecule has 3 nitrogen and oxygen atoms in total. The first-order valence-electron chi connectivity index (χ1n) is 11.8. The van der Waals surface area contributed by atoms with Gasteiger partial charge in [-0.05, 0) is 49.9 Å². The van der Waals surface area contributed by atoms with Gasteiger partial charge in [-0.2, -0.15) is 0 Å². The normalized spacial score (nSPS) is 20.1. The van der Waals surface area contributed by atoms with Crippen LogP contribution in [0.3, 0.4) is 0 Å². The molecule has 0 unspecified atom stereocenters. The summed E-state index contributed by atoms with van der Waals surface area (Å²) in [6.07, 6.45) is 13.0. The summed E-state index contributed by atoms with van der Waals surface area (Å²) < 4.78 is 0. The Labute approximate surface area is 184 Å². The molecule has 3 aliphatic rings. The molecule has 0 N–H and O–H groups in total. The molecule has 0 aromatic heterocycles. The van der Waals surface area contributed by atoms with Crippen LogP contribution in [0.4, 0.5) is 11.4 Å². The van der Waals surface area contributed by atoms with Gasteiger partial charge in [0.25, 0.3) is 0 Å². The summed E-state index contributed by atoms with van der Waals surface area (Å²) in [7, 11) is 0. The minimum atomic E-state index is 0.228. The molecule has 158 valence electrons. The minimum absolute atomic E-state index is 0.228. The van der Waals surface area contributed by atoms with E-state index in [0.717, 1.165) is 11.4 Å². The Hall–Kier alpha value is -1.78. The Morgan fingerprint density at radius 1 is 0.767 bits per heavy atom. The van der Waals surface area contributed by atoms with Crippen molar-refractivity contribution < 1.29 is 4.79 Å². The second-order valence-corrected chi connectivity index (χ2v) is 10.1. The summed E-state index contributed by atoms with van der Waals surface area (Å²) in [5.74, 6) is 0.228. The molecule has 4 heteroatoms. The number of rotatable bonds is 4. The summed E-state index contributed by atoms with van der Waals surface area (Å²) in [4.78, 5) is 20.9. The van der Waals surface area contributed by atoms with Gasteiger partial charge in [0, 0.05) is 21.9 Å². The molecule has 0 atom stereocenters. The van der Waals surface area contributed by atoms with Crippen molar-refractivity contribution in [1.29, 1.82) is 0 Å². The maximum absolute atomic E-state index is 13.9. The molecule has 1 heterocycles. The lowest BCUT2D eigenvalue weighted by atomic mass is 9.88. The van der Waals surface area contributed by atoms with E-state index in [9.17, 15) is 4.79 Å². The van der Waals surface area contributed by atoms with Crippen molar-refractivity contribution in [3.63, 3.8) is 0 Å². The van der Waals surface area contributed by atoms with Crippen LogP contribution in [0.1, 0.15) is 64.2 Å². The van der Waals surface area contributed by atoms with Gasteiger partial charge in [0.2, 0.25) is 5.91 Å². The average Bonchev–Trinajstić information content (AvgIpc) is 2.82. The highest BCUT2D eigenvalue weighted by atomic mass is 32.2. The van der Waals surface area contributed by atoms with Crippen LogP contribution in [0, 0.1) is 0 Å². The second-order valence-electron chi connectivity index (χ2n) is 9.02. The van der Waals surface area contributed by atoms with Crippen molar-refractivity contribution in [1.82, 2.24) is 4.90 Å². The molecule has 2 aromatic rings. The maximum atomic E-state index is 13.9. The molecular weight excluding hydrogens is 388 g/mol. The Kier molecular flexibility index (Phi) is 6.14. The maximum Gasteiger partial charge on any atom is 0.245 e. The standard InChI is InChI=1S/C26H32N2OS/c29-26(19-27(20-11-3-1-4-12-20)21-13-5-2-6-14-21)28-22-15-7-9-17-24(22)30-25-18-10-8-16-23(25)28/h7-10,15-18,20-21H,1-6,11-14,19H2. The van der Waals surface area contributed by atoms with Crippen molar-refractivity contribution in [2.45, 2.75) is 86.1 Å². The van der Waals surface area contributed by atoms with Gasteiger partial charge in [-0.3, -0.25) is 14.6 Å². The van der Waals surface area contributed by atoms with Gasteiger partial charge >= 0.3 is 0 Å². The zero-order valence-electron chi connectivity index (χ0n) is 17.8. The van der Waals surface area contributed by atoms with Gasteiger partial charge < -0.3 is 0 Å². The lowest BCUT2D eigenvalue weighted by Gasteiger charge is -2.42. The van der Waals surface area contributed by atoms with Crippen molar-refractivity contribution in [2.75, 3.05) is 11.4 Å². The average molecular weight is 421 g/mol. The zero-order valence-corrected chi connectivity index (χ0v) is 18.6. The van der Waals surface area contributed by atoms with Crippen LogP contribution < -0.4 is 4.90 Å². The van der Waals surface area contributed by atoms with Gasteiger partial charge in [0.1, 0.15) is 0 Å². The summed E-state index contributed by atoms with van der Waals surface area (Å²) >= 11 is 1.77. The molecule has 30 heavy (non-hydrogen) atoms. The van der Waals surface area contributed by atoms with Gasteiger partial charge in [0.15, 0.2) is 0 Å². The highest BCUT2D eigenvalue weighted by Gasteiger charge is 2.34. The number of nitrogens with zero attached hydrogens (tertiary/aromatic N) is 2. The monoisotopic (exact) mass is 420 g/mol. The molecular formula is C26H32N2OS. The van der Waals surface area contributed by atoms with Gasteiger partial charge in [-0.25, -0.2) is 0 Å². The third-order valence-electron chi connectivity index (χ3n) is 7.09. The van der Waals surface area contributed by atoms with Crippen LogP contribution in [0.25, 0.3) is 0 Å². The van der Waals surface area contributed by atoms with Gasteiger partial charge in [-0.15, -0.1) is 0 Å². The smallest absolute Gasteiger partial charge is 0.245 e. The van der Waals surface area contributed by atoms with E-state index in [2.05, 4.69) is 41.3 Å². The van der Waals surface area contributed by atoms with Crippen molar-refractivity contribution >= 4 is 29.0 Å². The summed E-state index contributed by atoms with van der Waals surface area (Å²) in [5, 5.41) is 0. The van der Waals surface area contributed by atoms with E-state index in [4.69, 9.17) is 0 Å². The van der Waals surface area contributed by atoms with Crippen LogP contribution in [0.2, 0.25) is 0 Å². The highest BCUT2D eigenvalue weighted by Crippen LogP contribution is 2.48. The van der Waals surface area contributed by atoms with E-state index in [-0.39, 0.29) is 5.91 Å². The van der Waals surface area contributed by atoms with Crippen LogP contribution in [0.5, 0.6) is 0 Å². The number of carbonyl (C=O) groups is 1. The molecule has 0 radical (unpaired) electrons. The third kappa shape index (κ3) is 4.04. The van der Waals surface area contributed by atoms with Crippen LogP contribution in [-0.4, -0.2) is 29.4 Å². The summed E-state index contributed by atoms with van der Waals surface area (Å²) in [5.41, 5.74) is 2.08. The van der Waals surface area contributed by atoms with Gasteiger partial charge in [0.05, 0.1) is 17.9 Å². The quantitative estimate of drug-likeness (QED) is 0.544. The molecule has 0 bridgehead atoms. The van der Waals surface area contributed by atoms with Crippen LogP contribution in [0.15, 0.2) is 58.3 Å². The van der Waals surface area contributed by atoms with E-state index < -0.39 is 0 Å². The fraction of sp³-hybridized carbons (Fsp3) is 0.500. The van der Waals surface area contributed by atoms with Gasteiger partial charge in [-0.1, -0.05) is 74.6 Å². The Morgan fingerprint density at radius 3 is 1.73 bits per heavy atom. The van der Waals surface area contributed by atoms with Crippen LogP contribution in [-0.2, 0) is 4.79 Å². The second kappa shape index (κ2) is 9.15. The molecule has 2 aliphatic carbocycles. The van der Waals surface area contributed by atoms with Crippen molar-refractivity contribution in [3.8, 4) is 0 Å². The summed E-state index contributed by atoms with van der Waals surface area (Å²) in [6, 6.07) is 17.9. The fourth-order valence-corrected chi connectivity index (χ4v) is 6.64. The molecule has 0 saturated heterocycles. The molecule has 1 aliphatic heterocycles. The molecule has 0 spiro atoms. The Bertz CT molecular complexity index is 823. The zero-order chi connectivity index (χ0) is 20.3. The largest absolute Gasteiger partial charge is 0.288 e. The lowest BCUT2D eigenvalue weighted by molar-refractivity contribution is -0.120. The predicted molar refractivity (Wildman–Crippen MR) is 125 cm³/mol. The first kappa shape index (κ1) is 20.1. The molecule has 2 fully saturated rings. The SMILES string of the molecule is O=C(CN(C1CCCCC1)C1CCCCC1)N1c2ccccc2Sc2ccccc21. The Balaban J connectivity index is 1.45. The van der Waals surface area contributed by atoms with E-state index in [1.54, 1.807) is 11.8 Å². The summed E-state index contributed by atoms with van der Waals surface area (Å²) in [6.45, 7) is 0.544. The number of para-hydroxylation sites is 2. The minimum Gasteiger partial charge on any atom is -0.288 e.